The highest BCUT2D eigenvalue weighted by atomic mass is 79.9. The summed E-state index contributed by atoms with van der Waals surface area (Å²) in [5.74, 6) is 0. The maximum atomic E-state index is 4.18. The highest BCUT2D eigenvalue weighted by molar-refractivity contribution is 9.10. The van der Waals surface area contributed by atoms with Gasteiger partial charge in [-0.05, 0) is 48.4 Å². The third-order valence-electron chi connectivity index (χ3n) is 3.34. The Morgan fingerprint density at radius 2 is 2.14 bits per heavy atom. The number of anilines is 1. The van der Waals surface area contributed by atoms with Crippen molar-refractivity contribution in [1.82, 2.24) is 10.3 Å². The first-order valence-corrected chi connectivity index (χ1v) is 8.09. The molecule has 0 amide bonds. The van der Waals surface area contributed by atoms with E-state index in [2.05, 4.69) is 69.4 Å². The molecule has 1 aromatic carbocycles. The monoisotopic (exact) mass is 347 g/mol. The van der Waals surface area contributed by atoms with Gasteiger partial charge in [-0.3, -0.25) is 4.98 Å². The summed E-state index contributed by atoms with van der Waals surface area (Å²) in [7, 11) is 2.12. The molecule has 0 bridgehead atoms. The van der Waals surface area contributed by atoms with Gasteiger partial charge >= 0.3 is 0 Å². The maximum Gasteiger partial charge on any atom is 0.0441 e. The topological polar surface area (TPSA) is 28.2 Å². The second-order valence-corrected chi connectivity index (χ2v) is 6.08. The van der Waals surface area contributed by atoms with Crippen LogP contribution in [-0.4, -0.2) is 18.6 Å². The predicted octanol–water partition coefficient (Wildman–Crippen LogP) is 3.98. The Balaban J connectivity index is 2.13. The molecule has 1 N–H and O–H groups in total. The van der Waals surface area contributed by atoms with Crippen molar-refractivity contribution in [2.45, 2.75) is 26.4 Å². The van der Waals surface area contributed by atoms with Crippen molar-refractivity contribution in [2.24, 2.45) is 0 Å². The Morgan fingerprint density at radius 3 is 2.86 bits per heavy atom. The van der Waals surface area contributed by atoms with Gasteiger partial charge in [-0.1, -0.05) is 28.9 Å². The summed E-state index contributed by atoms with van der Waals surface area (Å²) < 4.78 is 1.12. The average molecular weight is 348 g/mol. The van der Waals surface area contributed by atoms with Gasteiger partial charge in [-0.15, -0.1) is 0 Å². The lowest BCUT2D eigenvalue weighted by Gasteiger charge is -2.23. The van der Waals surface area contributed by atoms with E-state index in [1.807, 2.05) is 18.5 Å². The van der Waals surface area contributed by atoms with Crippen molar-refractivity contribution in [3.05, 3.63) is 58.3 Å². The van der Waals surface area contributed by atoms with Gasteiger partial charge in [0.1, 0.15) is 0 Å². The van der Waals surface area contributed by atoms with Gasteiger partial charge in [0.15, 0.2) is 0 Å². The van der Waals surface area contributed by atoms with Gasteiger partial charge in [0.05, 0.1) is 0 Å². The molecule has 3 nitrogen and oxygen atoms in total. The number of nitrogens with zero attached hydrogens (tertiary/aromatic N) is 2. The van der Waals surface area contributed by atoms with Gasteiger partial charge < -0.3 is 10.2 Å². The zero-order chi connectivity index (χ0) is 15.1. The normalized spacial score (nSPS) is 10.6. The first-order valence-electron chi connectivity index (χ1n) is 7.30. The molecule has 21 heavy (non-hydrogen) atoms. The fourth-order valence-corrected chi connectivity index (χ4v) is 2.73. The van der Waals surface area contributed by atoms with Crippen LogP contribution >= 0.6 is 15.9 Å². The lowest BCUT2D eigenvalue weighted by atomic mass is 10.1. The number of hydrogen-bond acceptors (Lipinski definition) is 3. The summed E-state index contributed by atoms with van der Waals surface area (Å²) in [5.41, 5.74) is 3.78. The molecule has 0 aliphatic heterocycles. The third-order valence-corrected chi connectivity index (χ3v) is 3.83. The molecular formula is C17H22BrN3. The minimum atomic E-state index is 0.857. The number of benzene rings is 1. The van der Waals surface area contributed by atoms with E-state index in [9.17, 15) is 0 Å². The quantitative estimate of drug-likeness (QED) is 0.767. The molecule has 0 fully saturated rings. The molecule has 4 heteroatoms. The average Bonchev–Trinajstić information content (AvgIpc) is 2.48. The molecule has 0 aliphatic rings. The Labute approximate surface area is 135 Å². The van der Waals surface area contributed by atoms with Crippen LogP contribution in [0.5, 0.6) is 0 Å². The van der Waals surface area contributed by atoms with Gasteiger partial charge in [-0.25, -0.2) is 0 Å². The fourth-order valence-electron chi connectivity index (χ4n) is 2.32. The van der Waals surface area contributed by atoms with Gasteiger partial charge in [0.25, 0.3) is 0 Å². The van der Waals surface area contributed by atoms with Crippen LogP contribution in [-0.2, 0) is 13.1 Å². The Bertz CT molecular complexity index is 557. The van der Waals surface area contributed by atoms with Crippen LogP contribution in [0.1, 0.15) is 24.5 Å². The van der Waals surface area contributed by atoms with Gasteiger partial charge in [0, 0.05) is 42.7 Å². The minimum absolute atomic E-state index is 0.857. The van der Waals surface area contributed by atoms with E-state index in [1.165, 1.54) is 16.8 Å². The molecule has 0 spiro atoms. The molecule has 1 aromatic heterocycles. The van der Waals surface area contributed by atoms with Crippen molar-refractivity contribution in [2.75, 3.05) is 18.5 Å². The first kappa shape index (κ1) is 16.0. The van der Waals surface area contributed by atoms with Crippen LogP contribution < -0.4 is 10.2 Å². The predicted molar refractivity (Wildman–Crippen MR) is 92.5 cm³/mol. The minimum Gasteiger partial charge on any atom is -0.370 e. The number of hydrogen-bond donors (Lipinski definition) is 1. The summed E-state index contributed by atoms with van der Waals surface area (Å²) in [6, 6.07) is 10.5. The summed E-state index contributed by atoms with van der Waals surface area (Å²) in [4.78, 5) is 6.45. The SMILES string of the molecule is CCCNCc1cc(Br)ccc1N(C)Cc1cccnc1. The highest BCUT2D eigenvalue weighted by Crippen LogP contribution is 2.25. The summed E-state index contributed by atoms with van der Waals surface area (Å²) in [5, 5.41) is 3.48. The lowest BCUT2D eigenvalue weighted by Crippen LogP contribution is -2.21. The maximum absolute atomic E-state index is 4.18. The van der Waals surface area contributed by atoms with Crippen LogP contribution in [0.3, 0.4) is 0 Å². The largest absolute Gasteiger partial charge is 0.370 e. The number of halogens is 1. The van der Waals surface area contributed by atoms with Crippen LogP contribution in [0.4, 0.5) is 5.69 Å². The van der Waals surface area contributed by atoms with Crippen LogP contribution in [0.25, 0.3) is 0 Å². The highest BCUT2D eigenvalue weighted by Gasteiger charge is 2.08. The molecule has 0 atom stereocenters. The molecule has 2 aromatic rings. The standard InChI is InChI=1S/C17H22BrN3/c1-3-8-19-12-15-10-16(18)6-7-17(15)21(2)13-14-5-4-9-20-11-14/h4-7,9-11,19H,3,8,12-13H2,1-2H3. The van der Waals surface area contributed by atoms with Gasteiger partial charge in [-0.2, -0.15) is 0 Å². The second kappa shape index (κ2) is 8.15. The zero-order valence-corrected chi connectivity index (χ0v) is 14.2. The number of rotatable bonds is 7. The first-order chi connectivity index (χ1) is 10.2. The van der Waals surface area contributed by atoms with Crippen molar-refractivity contribution < 1.29 is 0 Å². The van der Waals surface area contributed by atoms with Crippen molar-refractivity contribution in [3.8, 4) is 0 Å². The fraction of sp³-hybridized carbons (Fsp3) is 0.353. The molecular weight excluding hydrogens is 326 g/mol. The Kier molecular flexibility index (Phi) is 6.21. The van der Waals surface area contributed by atoms with E-state index in [0.717, 1.165) is 30.5 Å². The van der Waals surface area contributed by atoms with E-state index < -0.39 is 0 Å². The molecule has 0 unspecified atom stereocenters. The van der Waals surface area contributed by atoms with E-state index in [-0.39, 0.29) is 0 Å². The number of pyridine rings is 1. The Morgan fingerprint density at radius 1 is 1.29 bits per heavy atom. The zero-order valence-electron chi connectivity index (χ0n) is 12.6. The van der Waals surface area contributed by atoms with E-state index in [1.54, 1.807) is 0 Å². The molecule has 0 saturated carbocycles. The second-order valence-electron chi connectivity index (χ2n) is 5.17. The van der Waals surface area contributed by atoms with Crippen molar-refractivity contribution in [1.29, 1.82) is 0 Å². The van der Waals surface area contributed by atoms with E-state index >= 15 is 0 Å². The summed E-state index contributed by atoms with van der Waals surface area (Å²) >= 11 is 3.56. The molecule has 112 valence electrons. The molecule has 1 heterocycles. The molecule has 0 saturated heterocycles. The Hall–Kier alpha value is -1.39. The van der Waals surface area contributed by atoms with E-state index in [4.69, 9.17) is 0 Å². The smallest absolute Gasteiger partial charge is 0.0441 e. The van der Waals surface area contributed by atoms with Crippen LogP contribution in [0.2, 0.25) is 0 Å². The number of nitrogens with one attached hydrogen (secondary N) is 1. The lowest BCUT2D eigenvalue weighted by molar-refractivity contribution is 0.673. The number of aromatic nitrogens is 1. The summed E-state index contributed by atoms with van der Waals surface area (Å²) in [6.45, 7) is 4.97. The summed E-state index contributed by atoms with van der Waals surface area (Å²) in [6.07, 6.45) is 4.88. The molecule has 0 aliphatic carbocycles. The van der Waals surface area contributed by atoms with Crippen LogP contribution in [0.15, 0.2) is 47.2 Å². The third kappa shape index (κ3) is 4.83. The van der Waals surface area contributed by atoms with Gasteiger partial charge in [0.2, 0.25) is 0 Å². The van der Waals surface area contributed by atoms with Crippen molar-refractivity contribution in [3.63, 3.8) is 0 Å². The van der Waals surface area contributed by atoms with Crippen molar-refractivity contribution >= 4 is 21.6 Å². The molecule has 2 rings (SSSR count). The molecule has 0 radical (unpaired) electrons. The van der Waals surface area contributed by atoms with Crippen LogP contribution in [0, 0.1) is 0 Å². The van der Waals surface area contributed by atoms with E-state index in [0.29, 0.717) is 0 Å².